The van der Waals surface area contributed by atoms with Gasteiger partial charge in [0.15, 0.2) is 5.11 Å². The first-order valence-corrected chi connectivity index (χ1v) is 8.58. The highest BCUT2D eigenvalue weighted by Gasteiger charge is 2.07. The first-order valence-electron chi connectivity index (χ1n) is 8.17. The molecule has 4 nitrogen and oxygen atoms in total. The number of nitrogens with zero attached hydrogens (tertiary/aromatic N) is 2. The van der Waals surface area contributed by atoms with Crippen LogP contribution in [0.25, 0.3) is 10.9 Å². The van der Waals surface area contributed by atoms with E-state index in [4.69, 9.17) is 12.2 Å². The zero-order chi connectivity index (χ0) is 18.4. The van der Waals surface area contributed by atoms with E-state index in [0.717, 1.165) is 22.0 Å². The van der Waals surface area contributed by atoms with E-state index < -0.39 is 0 Å². The molecule has 0 aliphatic rings. The van der Waals surface area contributed by atoms with Crippen molar-refractivity contribution < 1.29 is 4.39 Å². The summed E-state index contributed by atoms with van der Waals surface area (Å²) in [5.74, 6) is -0.231. The van der Waals surface area contributed by atoms with Gasteiger partial charge in [-0.25, -0.2) is 4.39 Å². The Kier molecular flexibility index (Phi) is 5.76. The average molecular weight is 366 g/mol. The van der Waals surface area contributed by atoms with Crippen LogP contribution in [0.15, 0.2) is 72.5 Å². The van der Waals surface area contributed by atoms with Gasteiger partial charge in [-0.2, -0.15) is 5.10 Å². The summed E-state index contributed by atoms with van der Waals surface area (Å²) in [6.45, 7) is 4.86. The predicted octanol–water partition coefficient (Wildman–Crippen LogP) is 3.81. The minimum Gasteiger partial charge on any atom is -0.358 e. The summed E-state index contributed by atoms with van der Waals surface area (Å²) in [6.07, 6.45) is 5.49. The second kappa shape index (κ2) is 8.40. The van der Waals surface area contributed by atoms with Crippen LogP contribution in [-0.4, -0.2) is 22.4 Å². The molecule has 0 saturated carbocycles. The van der Waals surface area contributed by atoms with E-state index in [9.17, 15) is 4.39 Å². The van der Waals surface area contributed by atoms with E-state index in [1.165, 1.54) is 12.1 Å². The highest BCUT2D eigenvalue weighted by atomic mass is 32.1. The molecule has 6 heteroatoms. The summed E-state index contributed by atoms with van der Waals surface area (Å²) in [7, 11) is 0. The predicted molar refractivity (Wildman–Crippen MR) is 109 cm³/mol. The number of hydrogen-bond acceptors (Lipinski definition) is 2. The number of rotatable bonds is 6. The lowest BCUT2D eigenvalue weighted by Crippen LogP contribution is -2.31. The molecule has 1 heterocycles. The number of benzene rings is 2. The van der Waals surface area contributed by atoms with Gasteiger partial charge in [-0.1, -0.05) is 36.4 Å². The van der Waals surface area contributed by atoms with Crippen molar-refractivity contribution in [2.45, 2.75) is 6.54 Å². The van der Waals surface area contributed by atoms with Gasteiger partial charge in [0.05, 0.1) is 6.21 Å². The molecule has 2 aromatic carbocycles. The highest BCUT2D eigenvalue weighted by molar-refractivity contribution is 7.80. The van der Waals surface area contributed by atoms with Crippen molar-refractivity contribution in [3.63, 3.8) is 0 Å². The lowest BCUT2D eigenvalue weighted by atomic mass is 10.2. The van der Waals surface area contributed by atoms with Crippen molar-refractivity contribution in [3.8, 4) is 0 Å². The standard InChI is InChI=1S/C20H19FN4S/c1-2-11-22-20(26)24-23-12-16-14-25(19-6-4-3-5-18(16)19)13-15-7-9-17(21)10-8-15/h2-10,12,14H,1,11,13H2,(H2,22,24,26)/b23-12+. The third-order valence-corrected chi connectivity index (χ3v) is 4.10. The van der Waals surface area contributed by atoms with Gasteiger partial charge in [0.25, 0.3) is 0 Å². The average Bonchev–Trinajstić information content (AvgIpc) is 3.00. The molecule has 3 rings (SSSR count). The lowest BCUT2D eigenvalue weighted by Gasteiger charge is -2.05. The van der Waals surface area contributed by atoms with E-state index in [0.29, 0.717) is 18.2 Å². The van der Waals surface area contributed by atoms with E-state index >= 15 is 0 Å². The van der Waals surface area contributed by atoms with Gasteiger partial charge in [0.2, 0.25) is 0 Å². The van der Waals surface area contributed by atoms with Crippen LogP contribution in [0.3, 0.4) is 0 Å². The van der Waals surface area contributed by atoms with Crippen LogP contribution in [-0.2, 0) is 6.54 Å². The van der Waals surface area contributed by atoms with Crippen LogP contribution < -0.4 is 10.7 Å². The summed E-state index contributed by atoms with van der Waals surface area (Å²) in [6, 6.07) is 14.6. The Bertz CT molecular complexity index is 944. The minimum absolute atomic E-state index is 0.231. The molecule has 0 amide bonds. The third-order valence-electron chi connectivity index (χ3n) is 3.86. The number of hydrogen-bond donors (Lipinski definition) is 2. The fourth-order valence-electron chi connectivity index (χ4n) is 2.66. The van der Waals surface area contributed by atoms with Gasteiger partial charge < -0.3 is 9.88 Å². The Morgan fingerprint density at radius 2 is 1.96 bits per heavy atom. The molecule has 3 aromatic rings. The molecule has 0 spiro atoms. The van der Waals surface area contributed by atoms with E-state index in [-0.39, 0.29) is 5.82 Å². The molecule has 0 fully saturated rings. The summed E-state index contributed by atoms with van der Waals surface area (Å²) < 4.78 is 15.2. The van der Waals surface area contributed by atoms with Crippen LogP contribution >= 0.6 is 12.2 Å². The van der Waals surface area contributed by atoms with Crippen LogP contribution in [0.1, 0.15) is 11.1 Å². The number of hydrazone groups is 1. The molecule has 0 aliphatic heterocycles. The SMILES string of the molecule is C=CCNC(=S)N/N=C/c1cn(Cc2ccc(F)cc2)c2ccccc12. The third kappa shape index (κ3) is 4.34. The van der Waals surface area contributed by atoms with Crippen LogP contribution in [0.5, 0.6) is 0 Å². The molecular weight excluding hydrogens is 347 g/mol. The van der Waals surface area contributed by atoms with Crippen LogP contribution in [0.4, 0.5) is 4.39 Å². The Labute approximate surface area is 157 Å². The molecule has 1 aromatic heterocycles. The summed E-state index contributed by atoms with van der Waals surface area (Å²) in [5, 5.41) is 8.68. The number of halogens is 1. The number of thiocarbonyl (C=S) groups is 1. The Morgan fingerprint density at radius 1 is 1.19 bits per heavy atom. The number of nitrogens with one attached hydrogen (secondary N) is 2. The molecule has 26 heavy (non-hydrogen) atoms. The van der Waals surface area contributed by atoms with Crippen LogP contribution in [0, 0.1) is 5.82 Å². The van der Waals surface area contributed by atoms with E-state index in [1.807, 2.05) is 24.4 Å². The second-order valence-corrected chi connectivity index (χ2v) is 6.13. The number of aromatic nitrogens is 1. The fraction of sp³-hybridized carbons (Fsp3) is 0.100. The monoisotopic (exact) mass is 366 g/mol. The molecule has 0 aliphatic carbocycles. The number of para-hydroxylation sites is 1. The van der Waals surface area contributed by atoms with Crippen molar-refractivity contribution in [2.24, 2.45) is 5.10 Å². The quantitative estimate of drug-likeness (QED) is 0.302. The topological polar surface area (TPSA) is 41.4 Å². The summed E-state index contributed by atoms with van der Waals surface area (Å²) >= 11 is 5.11. The first kappa shape index (κ1) is 17.8. The summed E-state index contributed by atoms with van der Waals surface area (Å²) in [4.78, 5) is 0. The van der Waals surface area contributed by atoms with Gasteiger partial charge in [-0.3, -0.25) is 5.43 Å². The zero-order valence-corrected chi connectivity index (χ0v) is 15.0. The lowest BCUT2D eigenvalue weighted by molar-refractivity contribution is 0.626. The smallest absolute Gasteiger partial charge is 0.187 e. The van der Waals surface area contributed by atoms with E-state index in [1.54, 1.807) is 24.4 Å². The molecule has 0 radical (unpaired) electrons. The van der Waals surface area contributed by atoms with E-state index in [2.05, 4.69) is 33.1 Å². The normalized spacial score (nSPS) is 11.0. The summed E-state index contributed by atoms with van der Waals surface area (Å²) in [5.41, 5.74) is 5.88. The van der Waals surface area contributed by atoms with Gasteiger partial charge >= 0.3 is 0 Å². The Balaban J connectivity index is 1.81. The molecule has 0 bridgehead atoms. The molecular formula is C20H19FN4S. The van der Waals surface area contributed by atoms with Crippen molar-refractivity contribution in [1.29, 1.82) is 0 Å². The second-order valence-electron chi connectivity index (χ2n) is 5.72. The maximum absolute atomic E-state index is 13.1. The van der Waals surface area contributed by atoms with Crippen molar-refractivity contribution in [3.05, 3.63) is 84.3 Å². The maximum Gasteiger partial charge on any atom is 0.187 e. The Hall–Kier alpha value is -2.99. The first-order chi connectivity index (χ1) is 12.7. The highest BCUT2D eigenvalue weighted by Crippen LogP contribution is 2.21. The van der Waals surface area contributed by atoms with Crippen LogP contribution in [0.2, 0.25) is 0 Å². The molecule has 0 atom stereocenters. The Morgan fingerprint density at radius 3 is 2.73 bits per heavy atom. The molecule has 2 N–H and O–H groups in total. The van der Waals surface area contributed by atoms with Crippen molar-refractivity contribution in [2.75, 3.05) is 6.54 Å². The van der Waals surface area contributed by atoms with Crippen molar-refractivity contribution in [1.82, 2.24) is 15.3 Å². The maximum atomic E-state index is 13.1. The van der Waals surface area contributed by atoms with Gasteiger partial charge in [-0.05, 0) is 36.0 Å². The van der Waals surface area contributed by atoms with Crippen molar-refractivity contribution >= 4 is 34.4 Å². The minimum atomic E-state index is -0.231. The molecule has 0 unspecified atom stereocenters. The fourth-order valence-corrected chi connectivity index (χ4v) is 2.80. The number of fused-ring (bicyclic) bond motifs is 1. The zero-order valence-electron chi connectivity index (χ0n) is 14.2. The largest absolute Gasteiger partial charge is 0.358 e. The molecule has 132 valence electrons. The van der Waals surface area contributed by atoms with Gasteiger partial charge in [-0.15, -0.1) is 6.58 Å². The molecule has 0 saturated heterocycles. The van der Waals surface area contributed by atoms with Gasteiger partial charge in [0, 0.05) is 35.8 Å². The van der Waals surface area contributed by atoms with Gasteiger partial charge in [0.1, 0.15) is 5.82 Å².